The van der Waals surface area contributed by atoms with Gasteiger partial charge in [0.05, 0.1) is 10.3 Å². The molecule has 0 fully saturated rings. The van der Waals surface area contributed by atoms with Gasteiger partial charge in [-0.15, -0.1) is 0 Å². The Labute approximate surface area is 113 Å². The summed E-state index contributed by atoms with van der Waals surface area (Å²) in [7, 11) is 0. The van der Waals surface area contributed by atoms with Crippen LogP contribution < -0.4 is 0 Å². The van der Waals surface area contributed by atoms with E-state index >= 15 is 0 Å². The van der Waals surface area contributed by atoms with Crippen molar-refractivity contribution in [1.82, 2.24) is 4.37 Å². The second kappa shape index (κ2) is 4.81. The molecule has 0 saturated carbocycles. The molecule has 86 valence electrons. The van der Waals surface area contributed by atoms with Gasteiger partial charge in [-0.3, -0.25) is 0 Å². The van der Waals surface area contributed by atoms with Gasteiger partial charge in [0, 0.05) is 10.3 Å². The Balaban J connectivity index is 2.05. The van der Waals surface area contributed by atoms with Crippen molar-refractivity contribution < 1.29 is 0 Å². The topological polar surface area (TPSA) is 36.7 Å². The maximum Gasteiger partial charge on any atom is 0.123 e. The molecule has 3 rings (SSSR count). The van der Waals surface area contributed by atoms with Gasteiger partial charge in [0.2, 0.25) is 0 Å². The maximum absolute atomic E-state index is 9.08. The number of hydrogen-bond donors (Lipinski definition) is 0. The molecule has 2 aromatic carbocycles. The van der Waals surface area contributed by atoms with Crippen molar-refractivity contribution in [2.45, 2.75) is 9.92 Å². The zero-order valence-corrected chi connectivity index (χ0v) is 11.0. The standard InChI is InChI=1S/C14H8N2S2/c15-9-10-5-1-3-7-12(10)17-14-11-6-2-4-8-13(11)18-16-14/h1-8H. The van der Waals surface area contributed by atoms with Crippen molar-refractivity contribution in [2.24, 2.45) is 0 Å². The molecule has 3 aromatic rings. The highest BCUT2D eigenvalue weighted by Crippen LogP contribution is 2.35. The van der Waals surface area contributed by atoms with Crippen LogP contribution in [0.4, 0.5) is 0 Å². The highest BCUT2D eigenvalue weighted by atomic mass is 32.2. The van der Waals surface area contributed by atoms with Crippen molar-refractivity contribution >= 4 is 33.4 Å². The van der Waals surface area contributed by atoms with E-state index in [0.29, 0.717) is 5.56 Å². The number of fused-ring (bicyclic) bond motifs is 1. The van der Waals surface area contributed by atoms with Crippen LogP contribution in [0.3, 0.4) is 0 Å². The summed E-state index contributed by atoms with van der Waals surface area (Å²) >= 11 is 3.04. The Morgan fingerprint density at radius 3 is 2.72 bits per heavy atom. The molecule has 0 amide bonds. The van der Waals surface area contributed by atoms with E-state index in [1.807, 2.05) is 36.4 Å². The third-order valence-corrected chi connectivity index (χ3v) is 4.58. The number of benzene rings is 2. The molecule has 4 heteroatoms. The van der Waals surface area contributed by atoms with Crippen LogP contribution in [0, 0.1) is 11.3 Å². The minimum Gasteiger partial charge on any atom is -0.192 e. The fraction of sp³-hybridized carbons (Fsp3) is 0. The fourth-order valence-electron chi connectivity index (χ4n) is 1.69. The third kappa shape index (κ3) is 1.99. The average molecular weight is 268 g/mol. The van der Waals surface area contributed by atoms with Gasteiger partial charge in [0.15, 0.2) is 0 Å². The van der Waals surface area contributed by atoms with Gasteiger partial charge in [-0.25, -0.2) is 0 Å². The Bertz CT molecular complexity index is 741. The van der Waals surface area contributed by atoms with E-state index in [-0.39, 0.29) is 0 Å². The number of nitriles is 1. The summed E-state index contributed by atoms with van der Waals surface area (Å²) in [5.41, 5.74) is 0.694. The monoisotopic (exact) mass is 268 g/mol. The predicted octanol–water partition coefficient (Wildman–Crippen LogP) is 4.32. The Morgan fingerprint density at radius 1 is 1.06 bits per heavy atom. The van der Waals surface area contributed by atoms with Crippen molar-refractivity contribution in [3.05, 3.63) is 54.1 Å². The largest absolute Gasteiger partial charge is 0.192 e. The minimum absolute atomic E-state index is 0.694. The summed E-state index contributed by atoms with van der Waals surface area (Å²) in [6, 6.07) is 18.0. The van der Waals surface area contributed by atoms with Gasteiger partial charge in [-0.2, -0.15) is 9.64 Å². The zero-order valence-electron chi connectivity index (χ0n) is 9.33. The van der Waals surface area contributed by atoms with Gasteiger partial charge >= 0.3 is 0 Å². The molecule has 0 saturated heterocycles. The Kier molecular flexibility index (Phi) is 3.01. The predicted molar refractivity (Wildman–Crippen MR) is 74.9 cm³/mol. The molecular formula is C14H8N2S2. The highest BCUT2D eigenvalue weighted by Gasteiger charge is 2.09. The van der Waals surface area contributed by atoms with Crippen LogP contribution in [0.2, 0.25) is 0 Å². The fourth-order valence-corrected chi connectivity index (χ4v) is 3.56. The molecule has 2 nitrogen and oxygen atoms in total. The summed E-state index contributed by atoms with van der Waals surface area (Å²) in [5, 5.41) is 11.2. The number of rotatable bonds is 2. The lowest BCUT2D eigenvalue weighted by Gasteiger charge is -2.00. The highest BCUT2D eigenvalue weighted by molar-refractivity contribution is 7.99. The summed E-state index contributed by atoms with van der Waals surface area (Å²) in [5.74, 6) is 0. The maximum atomic E-state index is 9.08. The molecule has 1 aromatic heterocycles. The van der Waals surface area contributed by atoms with Gasteiger partial charge in [-0.05, 0) is 29.7 Å². The lowest BCUT2D eigenvalue weighted by Crippen LogP contribution is -1.80. The molecule has 0 aliphatic rings. The van der Waals surface area contributed by atoms with E-state index in [4.69, 9.17) is 5.26 Å². The van der Waals surface area contributed by atoms with Crippen LogP contribution in [0.15, 0.2) is 58.5 Å². The molecule has 0 N–H and O–H groups in total. The van der Waals surface area contributed by atoms with Crippen LogP contribution in [0.5, 0.6) is 0 Å². The van der Waals surface area contributed by atoms with E-state index in [1.54, 1.807) is 11.8 Å². The molecule has 0 unspecified atom stereocenters. The van der Waals surface area contributed by atoms with E-state index < -0.39 is 0 Å². The summed E-state index contributed by atoms with van der Waals surface area (Å²) in [6.07, 6.45) is 0. The van der Waals surface area contributed by atoms with Crippen molar-refractivity contribution in [2.75, 3.05) is 0 Å². The van der Waals surface area contributed by atoms with Crippen LogP contribution in [0.1, 0.15) is 5.56 Å². The van der Waals surface area contributed by atoms with Crippen LogP contribution in [-0.2, 0) is 0 Å². The van der Waals surface area contributed by atoms with Crippen molar-refractivity contribution in [3.63, 3.8) is 0 Å². The van der Waals surface area contributed by atoms with Crippen molar-refractivity contribution in [3.8, 4) is 6.07 Å². The first kappa shape index (κ1) is 11.3. The Hall–Kier alpha value is -1.83. The first-order valence-corrected chi connectivity index (χ1v) is 6.99. The smallest absolute Gasteiger partial charge is 0.123 e. The van der Waals surface area contributed by atoms with Crippen LogP contribution in [-0.4, -0.2) is 4.37 Å². The SMILES string of the molecule is N#Cc1ccccc1Sc1nsc2ccccc12. The van der Waals surface area contributed by atoms with Crippen LogP contribution >= 0.6 is 23.3 Å². The van der Waals surface area contributed by atoms with Crippen LogP contribution in [0.25, 0.3) is 10.1 Å². The van der Waals surface area contributed by atoms with Crippen molar-refractivity contribution in [1.29, 1.82) is 5.26 Å². The molecular weight excluding hydrogens is 260 g/mol. The third-order valence-electron chi connectivity index (χ3n) is 2.56. The van der Waals surface area contributed by atoms with E-state index in [1.165, 1.54) is 16.2 Å². The molecule has 0 spiro atoms. The number of aromatic nitrogens is 1. The molecule has 0 aliphatic carbocycles. The average Bonchev–Trinajstić information content (AvgIpc) is 2.83. The van der Waals surface area contributed by atoms with Gasteiger partial charge in [0.25, 0.3) is 0 Å². The molecule has 0 aliphatic heterocycles. The molecule has 0 bridgehead atoms. The Morgan fingerprint density at radius 2 is 1.83 bits per heavy atom. The lowest BCUT2D eigenvalue weighted by molar-refractivity contribution is 1.30. The molecule has 0 atom stereocenters. The van der Waals surface area contributed by atoms with E-state index in [9.17, 15) is 0 Å². The minimum atomic E-state index is 0.694. The number of hydrogen-bond acceptors (Lipinski definition) is 4. The summed E-state index contributed by atoms with van der Waals surface area (Å²) in [4.78, 5) is 0.955. The second-order valence-corrected chi connectivity index (χ2v) is 5.53. The van der Waals surface area contributed by atoms with Gasteiger partial charge in [-0.1, -0.05) is 42.1 Å². The van der Waals surface area contributed by atoms with Gasteiger partial charge < -0.3 is 0 Å². The lowest BCUT2D eigenvalue weighted by atomic mass is 10.2. The van der Waals surface area contributed by atoms with E-state index in [0.717, 1.165) is 15.3 Å². The second-order valence-electron chi connectivity index (χ2n) is 3.69. The normalized spacial score (nSPS) is 10.4. The molecule has 18 heavy (non-hydrogen) atoms. The summed E-state index contributed by atoms with van der Waals surface area (Å²) in [6.45, 7) is 0. The molecule has 1 heterocycles. The zero-order chi connectivity index (χ0) is 12.4. The van der Waals surface area contributed by atoms with E-state index in [2.05, 4.69) is 22.6 Å². The first-order valence-electron chi connectivity index (χ1n) is 5.40. The van der Waals surface area contributed by atoms with Gasteiger partial charge in [0.1, 0.15) is 11.1 Å². The quantitative estimate of drug-likeness (QED) is 0.694. The first-order chi connectivity index (χ1) is 8.88. The molecule has 0 radical (unpaired) electrons. The number of nitrogens with zero attached hydrogens (tertiary/aromatic N) is 2. The summed E-state index contributed by atoms with van der Waals surface area (Å²) < 4.78 is 5.64.